The van der Waals surface area contributed by atoms with Gasteiger partial charge in [0.1, 0.15) is 0 Å². The summed E-state index contributed by atoms with van der Waals surface area (Å²) in [5.41, 5.74) is 0.438. The van der Waals surface area contributed by atoms with Gasteiger partial charge in [0, 0.05) is 6.42 Å². The Morgan fingerprint density at radius 2 is 2.00 bits per heavy atom. The summed E-state index contributed by atoms with van der Waals surface area (Å²) in [5, 5.41) is 19.6. The minimum atomic E-state index is -0.880. The van der Waals surface area contributed by atoms with Gasteiger partial charge in [0.2, 0.25) is 0 Å². The maximum Gasteiger partial charge on any atom is 0.335 e. The number of aliphatic hydroxyl groups is 1. The van der Waals surface area contributed by atoms with Crippen molar-refractivity contribution in [3.8, 4) is 0 Å². The molecule has 0 aromatic heterocycles. The summed E-state index contributed by atoms with van der Waals surface area (Å²) in [7, 11) is 0. The maximum absolute atomic E-state index is 11.2. The van der Waals surface area contributed by atoms with Gasteiger partial charge in [0.05, 0.1) is 11.2 Å². The largest absolute Gasteiger partial charge is 0.478 e. The van der Waals surface area contributed by atoms with Crippen molar-refractivity contribution in [3.63, 3.8) is 0 Å². The quantitative estimate of drug-likeness (QED) is 0.729. The first-order chi connectivity index (χ1) is 8.52. The van der Waals surface area contributed by atoms with Crippen LogP contribution >= 0.6 is 0 Å². The van der Waals surface area contributed by atoms with Crippen molar-refractivity contribution < 1.29 is 15.0 Å². The molecule has 0 aliphatic heterocycles. The Balaban J connectivity index is 2.82. The van der Waals surface area contributed by atoms with Crippen molar-refractivity contribution in [1.82, 2.24) is 0 Å². The SMILES string of the molecule is CCCCC1=C(C(=O)O)C=CC(O)(CCCC)C1. The molecule has 0 spiro atoms. The van der Waals surface area contributed by atoms with E-state index in [2.05, 4.69) is 13.8 Å². The lowest BCUT2D eigenvalue weighted by molar-refractivity contribution is -0.132. The minimum Gasteiger partial charge on any atom is -0.478 e. The van der Waals surface area contributed by atoms with Crippen LogP contribution in [0, 0.1) is 0 Å². The number of carboxylic acid groups (broad SMARTS) is 1. The summed E-state index contributed by atoms with van der Waals surface area (Å²) in [4.78, 5) is 11.2. The Hall–Kier alpha value is -1.09. The Labute approximate surface area is 109 Å². The monoisotopic (exact) mass is 252 g/mol. The van der Waals surface area contributed by atoms with Gasteiger partial charge in [-0.3, -0.25) is 0 Å². The molecule has 1 unspecified atom stereocenters. The average molecular weight is 252 g/mol. The summed E-state index contributed by atoms with van der Waals surface area (Å²) in [6.07, 6.45) is 9.23. The lowest BCUT2D eigenvalue weighted by Gasteiger charge is -2.30. The molecule has 0 amide bonds. The molecular formula is C15H24O3. The molecule has 0 fully saturated rings. The summed E-state index contributed by atoms with van der Waals surface area (Å²) < 4.78 is 0. The number of hydrogen-bond donors (Lipinski definition) is 2. The molecule has 0 aromatic rings. The van der Waals surface area contributed by atoms with E-state index in [4.69, 9.17) is 5.11 Å². The highest BCUT2D eigenvalue weighted by Gasteiger charge is 2.30. The molecule has 1 aliphatic carbocycles. The minimum absolute atomic E-state index is 0.379. The van der Waals surface area contributed by atoms with E-state index >= 15 is 0 Å². The number of rotatable bonds is 7. The Kier molecular flexibility index (Phi) is 5.60. The zero-order chi connectivity index (χ0) is 13.6. The Morgan fingerprint density at radius 3 is 2.56 bits per heavy atom. The molecule has 0 saturated carbocycles. The molecule has 0 aromatic carbocycles. The molecular weight excluding hydrogens is 228 g/mol. The van der Waals surface area contributed by atoms with Gasteiger partial charge in [0.15, 0.2) is 0 Å². The van der Waals surface area contributed by atoms with E-state index in [9.17, 15) is 9.90 Å². The van der Waals surface area contributed by atoms with E-state index in [0.29, 0.717) is 18.4 Å². The Morgan fingerprint density at radius 1 is 1.33 bits per heavy atom. The standard InChI is InChI=1S/C15H24O3/c1-3-5-7-12-11-15(18,9-6-4-2)10-8-13(12)14(16)17/h8,10,18H,3-7,9,11H2,1-2H3,(H,16,17). The van der Waals surface area contributed by atoms with E-state index in [-0.39, 0.29) is 0 Å². The number of unbranched alkanes of at least 4 members (excludes halogenated alkanes) is 2. The van der Waals surface area contributed by atoms with Crippen molar-refractivity contribution in [1.29, 1.82) is 0 Å². The number of carbonyl (C=O) groups is 1. The molecule has 3 nitrogen and oxygen atoms in total. The third-order valence-corrected chi connectivity index (χ3v) is 3.49. The van der Waals surface area contributed by atoms with Gasteiger partial charge in [-0.05, 0) is 25.3 Å². The van der Waals surface area contributed by atoms with Crippen LogP contribution in [0.4, 0.5) is 0 Å². The highest BCUT2D eigenvalue weighted by Crippen LogP contribution is 2.33. The van der Waals surface area contributed by atoms with Gasteiger partial charge in [-0.2, -0.15) is 0 Å². The predicted molar refractivity (Wildman–Crippen MR) is 72.4 cm³/mol. The van der Waals surface area contributed by atoms with Crippen LogP contribution in [-0.4, -0.2) is 21.8 Å². The van der Waals surface area contributed by atoms with Crippen molar-refractivity contribution >= 4 is 5.97 Å². The van der Waals surface area contributed by atoms with Gasteiger partial charge in [-0.25, -0.2) is 4.79 Å². The van der Waals surface area contributed by atoms with E-state index in [1.54, 1.807) is 12.2 Å². The van der Waals surface area contributed by atoms with Crippen molar-refractivity contribution in [2.75, 3.05) is 0 Å². The number of hydrogen-bond acceptors (Lipinski definition) is 2. The van der Waals surface area contributed by atoms with E-state index in [0.717, 1.165) is 37.7 Å². The fraction of sp³-hybridized carbons (Fsp3) is 0.667. The second-order valence-electron chi connectivity index (χ2n) is 5.14. The fourth-order valence-corrected chi connectivity index (χ4v) is 2.37. The lowest BCUT2D eigenvalue weighted by atomic mass is 9.81. The highest BCUT2D eigenvalue weighted by molar-refractivity contribution is 5.91. The molecule has 0 radical (unpaired) electrons. The number of carboxylic acids is 1. The van der Waals surface area contributed by atoms with Crippen LogP contribution in [-0.2, 0) is 4.79 Å². The summed E-state index contributed by atoms with van der Waals surface area (Å²) in [6.45, 7) is 4.18. The van der Waals surface area contributed by atoms with Crippen LogP contribution in [0.2, 0.25) is 0 Å². The first-order valence-corrected chi connectivity index (χ1v) is 6.89. The highest BCUT2D eigenvalue weighted by atomic mass is 16.4. The first-order valence-electron chi connectivity index (χ1n) is 6.89. The van der Waals surface area contributed by atoms with E-state index < -0.39 is 11.6 Å². The summed E-state index contributed by atoms with van der Waals surface area (Å²) in [6, 6.07) is 0. The van der Waals surface area contributed by atoms with Crippen molar-refractivity contribution in [2.24, 2.45) is 0 Å². The molecule has 18 heavy (non-hydrogen) atoms. The third-order valence-electron chi connectivity index (χ3n) is 3.49. The van der Waals surface area contributed by atoms with Crippen LogP contribution in [0.1, 0.15) is 58.8 Å². The van der Waals surface area contributed by atoms with E-state index in [1.165, 1.54) is 0 Å². The van der Waals surface area contributed by atoms with Crippen LogP contribution in [0.3, 0.4) is 0 Å². The van der Waals surface area contributed by atoms with Gasteiger partial charge in [-0.1, -0.05) is 44.8 Å². The predicted octanol–water partition coefficient (Wildman–Crippen LogP) is 3.44. The zero-order valence-electron chi connectivity index (χ0n) is 11.4. The van der Waals surface area contributed by atoms with Crippen LogP contribution in [0.25, 0.3) is 0 Å². The molecule has 0 heterocycles. The average Bonchev–Trinajstić information content (AvgIpc) is 2.33. The third kappa shape index (κ3) is 3.98. The van der Waals surface area contributed by atoms with Crippen molar-refractivity contribution in [3.05, 3.63) is 23.3 Å². The maximum atomic E-state index is 11.2. The van der Waals surface area contributed by atoms with Crippen LogP contribution in [0.5, 0.6) is 0 Å². The molecule has 102 valence electrons. The van der Waals surface area contributed by atoms with Gasteiger partial charge < -0.3 is 10.2 Å². The zero-order valence-corrected chi connectivity index (χ0v) is 11.4. The van der Waals surface area contributed by atoms with Gasteiger partial charge in [0.25, 0.3) is 0 Å². The van der Waals surface area contributed by atoms with Crippen LogP contribution < -0.4 is 0 Å². The van der Waals surface area contributed by atoms with Crippen molar-refractivity contribution in [2.45, 2.75) is 64.4 Å². The summed E-state index contributed by atoms with van der Waals surface area (Å²) >= 11 is 0. The van der Waals surface area contributed by atoms with Gasteiger partial charge >= 0.3 is 5.97 Å². The second-order valence-corrected chi connectivity index (χ2v) is 5.14. The first kappa shape index (κ1) is 15.0. The summed E-state index contributed by atoms with van der Waals surface area (Å²) in [5.74, 6) is -0.880. The molecule has 0 saturated heterocycles. The second kappa shape index (κ2) is 6.74. The smallest absolute Gasteiger partial charge is 0.335 e. The molecule has 1 rings (SSSR count). The number of aliphatic carboxylic acids is 1. The topological polar surface area (TPSA) is 57.5 Å². The van der Waals surface area contributed by atoms with Crippen LogP contribution in [0.15, 0.2) is 23.3 Å². The normalized spacial score (nSPS) is 23.5. The molecule has 1 aliphatic rings. The molecule has 2 N–H and O–H groups in total. The lowest BCUT2D eigenvalue weighted by Crippen LogP contribution is -2.30. The molecule has 0 bridgehead atoms. The van der Waals surface area contributed by atoms with Gasteiger partial charge in [-0.15, -0.1) is 0 Å². The molecule has 3 heteroatoms. The van der Waals surface area contributed by atoms with E-state index in [1.807, 2.05) is 0 Å². The fourth-order valence-electron chi connectivity index (χ4n) is 2.37. The Bertz CT molecular complexity index is 355. The molecule has 1 atom stereocenters.